The molecule has 0 N–H and O–H groups in total. The molecule has 2 aromatic rings. The number of allylic oxidation sites excluding steroid dienone is 1. The number of benzene rings is 2. The molecule has 0 aliphatic carbocycles. The van der Waals surface area contributed by atoms with Gasteiger partial charge in [0.2, 0.25) is 0 Å². The Balaban J connectivity index is 0.00000182. The summed E-state index contributed by atoms with van der Waals surface area (Å²) in [5, 5.41) is 0. The number of nitrogens with zero attached hydrogens (tertiary/aromatic N) is 1. The topological polar surface area (TPSA) is 3.01 Å². The summed E-state index contributed by atoms with van der Waals surface area (Å²) >= 11 is 1.80. The van der Waals surface area contributed by atoms with Crippen molar-refractivity contribution in [2.45, 2.75) is 35.6 Å². The van der Waals surface area contributed by atoms with Crippen molar-refractivity contribution < 1.29 is 21.6 Å². The summed E-state index contributed by atoms with van der Waals surface area (Å²) in [6.07, 6.45) is 10.2. The van der Waals surface area contributed by atoms with Crippen LogP contribution in [0.4, 0.5) is 0 Å². The van der Waals surface area contributed by atoms with E-state index in [2.05, 4.69) is 78.2 Å². The van der Waals surface area contributed by atoms with Crippen molar-refractivity contribution in [1.82, 2.24) is 0 Å². The summed E-state index contributed by atoms with van der Waals surface area (Å²) in [6.45, 7) is 5.24. The van der Waals surface area contributed by atoms with Crippen LogP contribution in [0.2, 0.25) is 0 Å². The molecule has 0 saturated carbocycles. The number of hydrogen-bond donors (Lipinski definition) is 0. The molecule has 0 amide bonds. The van der Waals surface area contributed by atoms with Crippen molar-refractivity contribution in [3.8, 4) is 0 Å². The van der Waals surface area contributed by atoms with Gasteiger partial charge in [-0.2, -0.15) is 0 Å². The normalized spacial score (nSPS) is 23.9. The van der Waals surface area contributed by atoms with Crippen LogP contribution >= 0.6 is 11.8 Å². The average molecular weight is 414 g/mol. The predicted octanol–water partition coefficient (Wildman–Crippen LogP) is 2.21. The predicted molar refractivity (Wildman–Crippen MR) is 103 cm³/mol. The zero-order valence-corrected chi connectivity index (χ0v) is 17.0. The van der Waals surface area contributed by atoms with Crippen LogP contribution in [0.5, 0.6) is 0 Å². The highest BCUT2D eigenvalue weighted by Crippen LogP contribution is 2.45. The second kappa shape index (κ2) is 7.51. The van der Waals surface area contributed by atoms with Gasteiger partial charge in [0, 0.05) is 23.3 Å². The third-order valence-electron chi connectivity index (χ3n) is 5.55. The summed E-state index contributed by atoms with van der Waals surface area (Å²) in [5.74, 6) is 0. The molecule has 1 saturated heterocycles. The lowest BCUT2D eigenvalue weighted by atomic mass is 9.69. The van der Waals surface area contributed by atoms with Crippen LogP contribution in [0, 0.1) is 0 Å². The van der Waals surface area contributed by atoms with E-state index in [1.807, 2.05) is 0 Å². The largest absolute Gasteiger partial charge is 1.00 e. The standard InChI is InChI=1S/C22H24NS.BrH/c1-3-14-22(17-10-12-18(24-2)13-11-17)16-23-15-6-9-21(23)19-7-4-5-8-20(19)22;/h3-5,7-8,10-13,16,21H,1,6,9,14-15H2,2H3;1H/q+1;/p-1/t21-,22+;/m1./s1. The molecule has 2 heterocycles. The molecule has 3 heteroatoms. The zero-order chi connectivity index (χ0) is 16.6. The van der Waals surface area contributed by atoms with Crippen molar-refractivity contribution in [1.29, 1.82) is 0 Å². The van der Waals surface area contributed by atoms with E-state index in [1.54, 1.807) is 11.8 Å². The Bertz CT molecular complexity index is 796. The van der Waals surface area contributed by atoms with E-state index in [0.717, 1.165) is 6.42 Å². The molecule has 2 aliphatic rings. The van der Waals surface area contributed by atoms with E-state index in [9.17, 15) is 0 Å². The van der Waals surface area contributed by atoms with Crippen LogP contribution in [0.25, 0.3) is 0 Å². The second-order valence-electron chi connectivity index (χ2n) is 6.80. The van der Waals surface area contributed by atoms with Gasteiger partial charge < -0.3 is 17.0 Å². The van der Waals surface area contributed by atoms with Crippen LogP contribution in [0.3, 0.4) is 0 Å². The van der Waals surface area contributed by atoms with Gasteiger partial charge >= 0.3 is 0 Å². The summed E-state index contributed by atoms with van der Waals surface area (Å²) in [6, 6.07) is 18.7. The zero-order valence-electron chi connectivity index (χ0n) is 14.6. The molecule has 0 unspecified atom stereocenters. The number of rotatable bonds is 4. The Morgan fingerprint density at radius 3 is 2.68 bits per heavy atom. The number of thioether (sulfide) groups is 1. The van der Waals surface area contributed by atoms with Gasteiger partial charge in [0.15, 0.2) is 12.3 Å². The first-order chi connectivity index (χ1) is 11.8. The van der Waals surface area contributed by atoms with Crippen LogP contribution in [-0.2, 0) is 5.41 Å². The molecule has 0 spiro atoms. The van der Waals surface area contributed by atoms with E-state index in [-0.39, 0.29) is 22.4 Å². The van der Waals surface area contributed by atoms with Crippen LogP contribution < -0.4 is 17.0 Å². The fraction of sp³-hybridized carbons (Fsp3) is 0.318. The highest BCUT2D eigenvalue weighted by molar-refractivity contribution is 7.98. The Morgan fingerprint density at radius 2 is 1.96 bits per heavy atom. The molecular weight excluding hydrogens is 390 g/mol. The Kier molecular flexibility index (Phi) is 5.55. The SMILES string of the molecule is C=CC[C@@]1(c2ccc(SC)cc2)C=[N+]2CCC[C@@H]2c2ccccc21.[Br-]. The van der Waals surface area contributed by atoms with Gasteiger partial charge in [-0.3, -0.25) is 0 Å². The van der Waals surface area contributed by atoms with E-state index >= 15 is 0 Å². The molecule has 4 rings (SSSR count). The lowest BCUT2D eigenvalue weighted by molar-refractivity contribution is -0.550. The first kappa shape index (κ1) is 18.5. The van der Waals surface area contributed by atoms with E-state index in [0.29, 0.717) is 6.04 Å². The lowest BCUT2D eigenvalue weighted by Gasteiger charge is -2.35. The highest BCUT2D eigenvalue weighted by Gasteiger charge is 2.46. The van der Waals surface area contributed by atoms with Crippen LogP contribution in [0.1, 0.15) is 42.0 Å². The molecule has 1 fully saturated rings. The smallest absolute Gasteiger partial charge is 0.178 e. The highest BCUT2D eigenvalue weighted by atomic mass is 79.9. The number of fused-ring (bicyclic) bond motifs is 3. The van der Waals surface area contributed by atoms with Gasteiger partial charge in [0.25, 0.3) is 0 Å². The first-order valence-electron chi connectivity index (χ1n) is 8.75. The van der Waals surface area contributed by atoms with Crippen molar-refractivity contribution in [3.05, 3.63) is 77.9 Å². The van der Waals surface area contributed by atoms with E-state index < -0.39 is 0 Å². The molecule has 1 nitrogen and oxygen atoms in total. The molecule has 0 bridgehead atoms. The average Bonchev–Trinajstić information content (AvgIpc) is 3.10. The van der Waals surface area contributed by atoms with E-state index in [4.69, 9.17) is 0 Å². The van der Waals surface area contributed by atoms with Crippen molar-refractivity contribution in [2.24, 2.45) is 0 Å². The van der Waals surface area contributed by atoms with Crippen molar-refractivity contribution in [2.75, 3.05) is 12.8 Å². The molecule has 130 valence electrons. The van der Waals surface area contributed by atoms with Crippen LogP contribution in [0.15, 0.2) is 66.1 Å². The third-order valence-corrected chi connectivity index (χ3v) is 6.30. The lowest BCUT2D eigenvalue weighted by Crippen LogP contribution is -3.00. The molecule has 2 atom stereocenters. The second-order valence-corrected chi connectivity index (χ2v) is 7.68. The van der Waals surface area contributed by atoms with Gasteiger partial charge in [-0.15, -0.1) is 18.3 Å². The van der Waals surface area contributed by atoms with Crippen molar-refractivity contribution >= 4 is 18.0 Å². The first-order valence-corrected chi connectivity index (χ1v) is 9.97. The summed E-state index contributed by atoms with van der Waals surface area (Å²) in [4.78, 5) is 1.32. The maximum absolute atomic E-state index is 4.07. The minimum atomic E-state index is -0.0872. The molecular formula is C22H24BrNS. The minimum Gasteiger partial charge on any atom is -1.00 e. The minimum absolute atomic E-state index is 0. The Morgan fingerprint density at radius 1 is 1.20 bits per heavy atom. The number of hydrogen-bond acceptors (Lipinski definition) is 1. The van der Waals surface area contributed by atoms with Gasteiger partial charge in [-0.05, 0) is 35.9 Å². The fourth-order valence-electron chi connectivity index (χ4n) is 4.45. The van der Waals surface area contributed by atoms with Gasteiger partial charge in [-0.25, -0.2) is 4.58 Å². The van der Waals surface area contributed by atoms with Gasteiger partial charge in [-0.1, -0.05) is 42.5 Å². The number of halogens is 1. The third kappa shape index (κ3) is 3.02. The molecule has 2 aliphatic heterocycles. The maximum Gasteiger partial charge on any atom is 0.178 e. The quantitative estimate of drug-likeness (QED) is 0.421. The summed E-state index contributed by atoms with van der Waals surface area (Å²) in [7, 11) is 0. The monoisotopic (exact) mass is 413 g/mol. The van der Waals surface area contributed by atoms with E-state index in [1.165, 1.54) is 41.0 Å². The summed E-state index contributed by atoms with van der Waals surface area (Å²) < 4.78 is 2.58. The van der Waals surface area contributed by atoms with Crippen molar-refractivity contribution in [3.63, 3.8) is 0 Å². The summed E-state index contributed by atoms with van der Waals surface area (Å²) in [5.41, 5.74) is 4.26. The Hall–Kier alpha value is -1.32. The van der Waals surface area contributed by atoms with Gasteiger partial charge in [0.05, 0.1) is 0 Å². The van der Waals surface area contributed by atoms with Gasteiger partial charge in [0.1, 0.15) is 12.0 Å². The van der Waals surface area contributed by atoms with Crippen LogP contribution in [-0.4, -0.2) is 23.6 Å². The molecule has 0 aromatic heterocycles. The molecule has 0 radical (unpaired) electrons. The Labute approximate surface area is 165 Å². The molecule has 2 aromatic carbocycles. The maximum atomic E-state index is 4.07. The fourth-order valence-corrected chi connectivity index (χ4v) is 4.86. The molecule has 25 heavy (non-hydrogen) atoms.